The molecule has 0 fully saturated rings. The Bertz CT molecular complexity index is 329. The molecule has 1 aromatic heterocycles. The van der Waals surface area contributed by atoms with Gasteiger partial charge in [-0.05, 0) is 5.41 Å². The van der Waals surface area contributed by atoms with Gasteiger partial charge >= 0.3 is 0 Å². The van der Waals surface area contributed by atoms with Gasteiger partial charge in [0.15, 0.2) is 0 Å². The molecule has 14 heavy (non-hydrogen) atoms. The maximum absolute atomic E-state index is 9.35. The van der Waals surface area contributed by atoms with Crippen molar-refractivity contribution in [3.8, 4) is 5.88 Å². The zero-order valence-electron chi connectivity index (χ0n) is 9.47. The first-order valence-electron chi connectivity index (χ1n) is 4.42. The molecule has 1 radical (unpaired) electrons. The van der Waals surface area contributed by atoms with E-state index in [1.165, 1.54) is 0 Å². The Labute approximate surface area is 111 Å². The Kier molecular flexibility index (Phi) is 4.73. The van der Waals surface area contributed by atoms with Gasteiger partial charge in [-0.2, -0.15) is 0 Å². The fraction of sp³-hybridized carbons (Fsp3) is 0.545. The number of aromatic hydroxyl groups is 1. The van der Waals surface area contributed by atoms with Gasteiger partial charge in [-0.15, -0.1) is 11.1 Å². The molecule has 2 nitrogen and oxygen atoms in total. The van der Waals surface area contributed by atoms with E-state index in [-0.39, 0.29) is 44.0 Å². The first kappa shape index (κ1) is 14.1. The Morgan fingerprint density at radius 2 is 1.64 bits per heavy atom. The maximum atomic E-state index is 9.35. The minimum absolute atomic E-state index is 0. The van der Waals surface area contributed by atoms with E-state index >= 15 is 0 Å². The molecule has 0 bridgehead atoms. The van der Waals surface area contributed by atoms with Gasteiger partial charge in [-0.1, -0.05) is 46.4 Å². The summed E-state index contributed by atoms with van der Waals surface area (Å²) >= 11 is 0. The van der Waals surface area contributed by atoms with Crippen LogP contribution in [0.2, 0.25) is 0 Å². The molecule has 0 saturated heterocycles. The third kappa shape index (κ3) is 2.77. The molecule has 0 atom stereocenters. The predicted molar refractivity (Wildman–Crippen MR) is 52.9 cm³/mol. The molecule has 1 aromatic rings. The molecule has 1 rings (SSSR count). The number of aromatic nitrogens is 1. The minimum atomic E-state index is 0. The molecule has 0 aromatic carbocycles. The summed E-state index contributed by atoms with van der Waals surface area (Å²) in [7, 11) is 0. The van der Waals surface area contributed by atoms with Crippen LogP contribution in [-0.4, -0.2) is 10.1 Å². The summed E-state index contributed by atoms with van der Waals surface area (Å²) in [6.07, 6.45) is 2.89. The molecule has 3 heteroatoms. The molecular weight excluding hydrogens is 251 g/mol. The molecule has 0 aliphatic carbocycles. The molecule has 1 N–H and O–H groups in total. The van der Waals surface area contributed by atoms with Crippen LogP contribution in [0.15, 0.2) is 0 Å². The second-order valence-electron chi connectivity index (χ2n) is 4.42. The van der Waals surface area contributed by atoms with E-state index in [0.717, 1.165) is 16.7 Å². The molecule has 0 saturated carbocycles. The van der Waals surface area contributed by atoms with E-state index in [1.54, 1.807) is 0 Å². The summed E-state index contributed by atoms with van der Waals surface area (Å²) in [5.74, 6) is 0.0884. The van der Waals surface area contributed by atoms with E-state index in [1.807, 2.05) is 13.8 Å². The van der Waals surface area contributed by atoms with E-state index in [2.05, 4.69) is 32.0 Å². The Balaban J connectivity index is 0.00000169. The topological polar surface area (TPSA) is 33.1 Å². The van der Waals surface area contributed by atoms with Crippen molar-refractivity contribution in [2.75, 3.05) is 0 Å². The van der Waals surface area contributed by atoms with E-state index in [4.69, 9.17) is 0 Å². The van der Waals surface area contributed by atoms with Crippen molar-refractivity contribution in [1.82, 2.24) is 4.98 Å². The first-order valence-corrected chi connectivity index (χ1v) is 4.42. The van der Waals surface area contributed by atoms with Gasteiger partial charge in [-0.25, -0.2) is 0 Å². The van der Waals surface area contributed by atoms with Crippen LogP contribution in [0.1, 0.15) is 37.5 Å². The van der Waals surface area contributed by atoms with E-state index in [0.29, 0.717) is 0 Å². The van der Waals surface area contributed by atoms with Crippen molar-refractivity contribution in [3.05, 3.63) is 22.9 Å². The maximum Gasteiger partial charge on any atom is 0.0974 e. The van der Waals surface area contributed by atoms with Crippen LogP contribution in [0.4, 0.5) is 0 Å². The van der Waals surface area contributed by atoms with Crippen LogP contribution in [0.25, 0.3) is 0 Å². The van der Waals surface area contributed by atoms with Crippen LogP contribution in [-0.2, 0) is 38.1 Å². The first-order chi connectivity index (χ1) is 5.84. The van der Waals surface area contributed by atoms with Crippen LogP contribution in [0.3, 0.4) is 0 Å². The number of nitrogens with zero attached hydrogens (tertiary/aromatic N) is 1. The standard InChI is InChI=1S/C11H16NO.Y/c1-7-8(2)10(13)12-6-9(7)11(3,4)5;/h1-5H3,(H,12,13);/q-1;. The van der Waals surface area contributed by atoms with Crippen LogP contribution in [0, 0.1) is 20.0 Å². The molecule has 0 aliphatic heterocycles. The van der Waals surface area contributed by atoms with E-state index < -0.39 is 0 Å². The van der Waals surface area contributed by atoms with Crippen molar-refractivity contribution in [2.45, 2.75) is 40.0 Å². The molecule has 0 aliphatic rings. The number of hydrogen-bond acceptors (Lipinski definition) is 2. The normalized spacial score (nSPS) is 10.9. The second-order valence-corrected chi connectivity index (χ2v) is 4.42. The van der Waals surface area contributed by atoms with Gasteiger partial charge in [0, 0.05) is 32.7 Å². The van der Waals surface area contributed by atoms with Crippen LogP contribution >= 0.6 is 0 Å². The van der Waals surface area contributed by atoms with Gasteiger partial charge in [0.05, 0.1) is 5.88 Å². The predicted octanol–water partition coefficient (Wildman–Crippen LogP) is 2.50. The summed E-state index contributed by atoms with van der Waals surface area (Å²) in [5, 5.41) is 9.35. The number of rotatable bonds is 0. The smallest absolute Gasteiger partial charge is 0.0974 e. The van der Waals surface area contributed by atoms with Crippen LogP contribution in [0.5, 0.6) is 5.88 Å². The zero-order chi connectivity index (χ0) is 10.2. The van der Waals surface area contributed by atoms with Crippen molar-refractivity contribution in [2.24, 2.45) is 0 Å². The monoisotopic (exact) mass is 267 g/mol. The minimum Gasteiger partial charge on any atom is -0.550 e. The third-order valence-corrected chi connectivity index (χ3v) is 2.30. The third-order valence-electron chi connectivity index (χ3n) is 2.30. The Hall–Kier alpha value is 0.0539. The Morgan fingerprint density at radius 3 is 2.07 bits per heavy atom. The van der Waals surface area contributed by atoms with Crippen molar-refractivity contribution in [3.63, 3.8) is 0 Å². The SMILES string of the molecule is Cc1c(C(C)(C)C)[c-]nc(O)c1C.[Y]. The Morgan fingerprint density at radius 1 is 1.14 bits per heavy atom. The summed E-state index contributed by atoms with van der Waals surface area (Å²) < 4.78 is 0. The van der Waals surface area contributed by atoms with Gasteiger partial charge < -0.3 is 10.1 Å². The van der Waals surface area contributed by atoms with E-state index in [9.17, 15) is 5.11 Å². The summed E-state index contributed by atoms with van der Waals surface area (Å²) in [6, 6.07) is 0. The van der Waals surface area contributed by atoms with Gasteiger partial charge in [0.25, 0.3) is 0 Å². The molecule has 0 spiro atoms. The molecule has 0 unspecified atom stereocenters. The average molecular weight is 267 g/mol. The molecule has 0 amide bonds. The summed E-state index contributed by atoms with van der Waals surface area (Å²) in [6.45, 7) is 10.2. The average Bonchev–Trinajstić information content (AvgIpc) is 1.98. The summed E-state index contributed by atoms with van der Waals surface area (Å²) in [4.78, 5) is 3.84. The van der Waals surface area contributed by atoms with Crippen molar-refractivity contribution < 1.29 is 37.8 Å². The van der Waals surface area contributed by atoms with Crippen molar-refractivity contribution >= 4 is 0 Å². The summed E-state index contributed by atoms with van der Waals surface area (Å²) in [5.41, 5.74) is 3.04. The number of hydrogen-bond donors (Lipinski definition) is 1. The largest absolute Gasteiger partial charge is 0.550 e. The molecular formula is C11H16NOY-. The fourth-order valence-corrected chi connectivity index (χ4v) is 1.36. The second kappa shape index (κ2) is 4.72. The number of pyridine rings is 1. The fourth-order valence-electron chi connectivity index (χ4n) is 1.36. The van der Waals surface area contributed by atoms with Crippen LogP contribution < -0.4 is 0 Å². The van der Waals surface area contributed by atoms with Gasteiger partial charge in [0.2, 0.25) is 0 Å². The quantitative estimate of drug-likeness (QED) is 0.733. The van der Waals surface area contributed by atoms with Gasteiger partial charge in [0.1, 0.15) is 0 Å². The van der Waals surface area contributed by atoms with Crippen molar-refractivity contribution in [1.29, 1.82) is 0 Å². The zero-order valence-corrected chi connectivity index (χ0v) is 12.3. The molecule has 1 heterocycles. The molecule has 75 valence electrons. The van der Waals surface area contributed by atoms with Gasteiger partial charge in [-0.3, -0.25) is 0 Å².